The highest BCUT2D eigenvalue weighted by atomic mass is 16.1. The molecule has 0 saturated heterocycles. The van der Waals surface area contributed by atoms with Gasteiger partial charge in [0.05, 0.1) is 43.3 Å². The minimum Gasteiger partial charge on any atom is -0.338 e. The lowest BCUT2D eigenvalue weighted by Gasteiger charge is -2.30. The second-order valence-electron chi connectivity index (χ2n) is 9.68. The van der Waals surface area contributed by atoms with Gasteiger partial charge >= 0.3 is 0 Å². The topological polar surface area (TPSA) is 117 Å². The number of hydrogen-bond acceptors (Lipinski definition) is 6. The van der Waals surface area contributed by atoms with Crippen molar-refractivity contribution in [2.45, 2.75) is 51.6 Å². The van der Waals surface area contributed by atoms with E-state index in [2.05, 4.69) is 50.2 Å². The zero-order valence-electron chi connectivity index (χ0n) is 20.2. The van der Waals surface area contributed by atoms with Crippen LogP contribution in [0, 0.1) is 24.2 Å². The normalized spacial score (nSPS) is 19.2. The molecule has 1 aliphatic heterocycles. The Balaban J connectivity index is 1.32. The van der Waals surface area contributed by atoms with Crippen LogP contribution in [0.5, 0.6) is 0 Å². The van der Waals surface area contributed by atoms with Crippen LogP contribution in [0.15, 0.2) is 52.6 Å². The molecule has 2 atom stereocenters. The molecular formula is C27H28N8O. The van der Waals surface area contributed by atoms with Crippen LogP contribution in [0.25, 0.3) is 22.0 Å². The summed E-state index contributed by atoms with van der Waals surface area (Å²) >= 11 is 0. The van der Waals surface area contributed by atoms with E-state index in [1.807, 2.05) is 24.5 Å². The molecule has 1 saturated carbocycles. The van der Waals surface area contributed by atoms with Gasteiger partial charge in [-0.25, -0.2) is 0 Å². The van der Waals surface area contributed by atoms with Crippen molar-refractivity contribution in [3.63, 3.8) is 0 Å². The van der Waals surface area contributed by atoms with Crippen LogP contribution >= 0.6 is 0 Å². The third-order valence-corrected chi connectivity index (χ3v) is 7.33. The van der Waals surface area contributed by atoms with Gasteiger partial charge in [0.25, 0.3) is 5.56 Å². The second-order valence-corrected chi connectivity index (χ2v) is 9.68. The standard InChI is InChI=1S/C27H28N8O/c1-17-13-19(7-8-20(17)18-14-31-34(16-18)12-4-10-28)32-26-25-24(9-11-29-27(25)36)35(33-26)23-6-3-2-5-21(23)22-15-30-22/h7-9,11,13-14,16,21,23H,2-6,12,15H2,1H3,(H,29,36)(H,32,33). The number of pyridine rings is 1. The van der Waals surface area contributed by atoms with Crippen molar-refractivity contribution in [1.29, 1.82) is 5.26 Å². The Hall–Kier alpha value is -4.19. The number of aromatic nitrogens is 5. The monoisotopic (exact) mass is 480 g/mol. The quantitative estimate of drug-likeness (QED) is 0.396. The van der Waals surface area contributed by atoms with E-state index in [0.29, 0.717) is 30.1 Å². The molecule has 0 spiro atoms. The SMILES string of the molecule is Cc1cc(Nc2nn(C3CCCCC3C3=NC3)c3cc[nH]c(=O)c23)ccc1-c1cnn(CCC#N)c1. The lowest BCUT2D eigenvalue weighted by molar-refractivity contribution is 0.289. The highest BCUT2D eigenvalue weighted by Gasteiger charge is 2.35. The zero-order chi connectivity index (χ0) is 24.6. The molecule has 2 N–H and O–H groups in total. The summed E-state index contributed by atoms with van der Waals surface area (Å²) in [6.07, 6.45) is 10.5. The van der Waals surface area contributed by atoms with E-state index < -0.39 is 0 Å². The highest BCUT2D eigenvalue weighted by molar-refractivity contribution is 5.99. The Morgan fingerprint density at radius 1 is 1.25 bits per heavy atom. The average Bonchev–Trinajstić information content (AvgIpc) is 3.52. The third-order valence-electron chi connectivity index (χ3n) is 7.33. The molecule has 0 radical (unpaired) electrons. The van der Waals surface area contributed by atoms with Crippen molar-refractivity contribution in [2.24, 2.45) is 10.9 Å². The van der Waals surface area contributed by atoms with Crippen molar-refractivity contribution in [2.75, 3.05) is 11.9 Å². The summed E-state index contributed by atoms with van der Waals surface area (Å²) in [6.45, 7) is 3.50. The van der Waals surface area contributed by atoms with Crippen LogP contribution in [-0.4, -0.2) is 36.8 Å². The third kappa shape index (κ3) is 4.09. The summed E-state index contributed by atoms with van der Waals surface area (Å²) < 4.78 is 3.86. The van der Waals surface area contributed by atoms with E-state index in [0.717, 1.165) is 53.7 Å². The number of nitrogens with zero attached hydrogens (tertiary/aromatic N) is 6. The first-order valence-electron chi connectivity index (χ1n) is 12.5. The highest BCUT2D eigenvalue weighted by Crippen LogP contribution is 2.39. The second kappa shape index (κ2) is 9.11. The smallest absolute Gasteiger partial charge is 0.261 e. The molecule has 9 heteroatoms. The molecule has 1 fully saturated rings. The van der Waals surface area contributed by atoms with E-state index >= 15 is 0 Å². The molecule has 36 heavy (non-hydrogen) atoms. The minimum absolute atomic E-state index is 0.143. The fourth-order valence-corrected chi connectivity index (χ4v) is 5.50. The summed E-state index contributed by atoms with van der Waals surface area (Å²) in [5.74, 6) is 0.981. The molecule has 1 aliphatic carbocycles. The number of nitrogens with one attached hydrogen (secondary N) is 2. The van der Waals surface area contributed by atoms with E-state index in [1.54, 1.807) is 10.9 Å². The first-order valence-corrected chi connectivity index (χ1v) is 12.5. The van der Waals surface area contributed by atoms with Gasteiger partial charge in [-0.1, -0.05) is 18.9 Å². The predicted octanol–water partition coefficient (Wildman–Crippen LogP) is 4.74. The van der Waals surface area contributed by atoms with Crippen LogP contribution in [0.4, 0.5) is 11.5 Å². The summed E-state index contributed by atoms with van der Waals surface area (Å²) in [7, 11) is 0. The number of aliphatic imine (C=N–C) groups is 1. The predicted molar refractivity (Wildman–Crippen MR) is 140 cm³/mol. The number of hydrogen-bond donors (Lipinski definition) is 2. The van der Waals surface area contributed by atoms with Gasteiger partial charge < -0.3 is 10.3 Å². The summed E-state index contributed by atoms with van der Waals surface area (Å²) in [5, 5.41) is 22.1. The average molecular weight is 481 g/mol. The fourth-order valence-electron chi connectivity index (χ4n) is 5.50. The van der Waals surface area contributed by atoms with Gasteiger partial charge in [-0.2, -0.15) is 15.5 Å². The van der Waals surface area contributed by atoms with Crippen molar-refractivity contribution in [3.8, 4) is 17.2 Å². The number of aryl methyl sites for hydroxylation is 2. The first-order chi connectivity index (χ1) is 17.6. The number of anilines is 2. The van der Waals surface area contributed by atoms with Crippen LogP contribution in [0.2, 0.25) is 0 Å². The molecule has 2 aliphatic rings. The Kier molecular flexibility index (Phi) is 5.64. The van der Waals surface area contributed by atoms with Crippen LogP contribution in [0.1, 0.15) is 43.7 Å². The van der Waals surface area contributed by atoms with E-state index in [4.69, 9.17) is 10.4 Å². The number of H-pyrrole nitrogens is 1. The molecule has 3 aromatic heterocycles. The Morgan fingerprint density at radius 3 is 2.92 bits per heavy atom. The maximum atomic E-state index is 12.9. The van der Waals surface area contributed by atoms with Crippen LogP contribution in [-0.2, 0) is 6.54 Å². The van der Waals surface area contributed by atoms with Crippen molar-refractivity contribution in [3.05, 3.63) is 58.8 Å². The van der Waals surface area contributed by atoms with Crippen molar-refractivity contribution in [1.82, 2.24) is 24.5 Å². The Labute approximate surface area is 208 Å². The van der Waals surface area contributed by atoms with Gasteiger partial charge in [0.1, 0.15) is 5.39 Å². The summed E-state index contributed by atoms with van der Waals surface area (Å²) in [6, 6.07) is 10.4. The zero-order valence-corrected chi connectivity index (χ0v) is 20.2. The number of aromatic amines is 1. The molecule has 4 aromatic rings. The first kappa shape index (κ1) is 22.3. The molecular weight excluding hydrogens is 452 g/mol. The summed E-state index contributed by atoms with van der Waals surface area (Å²) in [5.41, 5.74) is 6.05. The van der Waals surface area contributed by atoms with Gasteiger partial charge in [0, 0.05) is 35.3 Å². The van der Waals surface area contributed by atoms with Gasteiger partial charge in [-0.3, -0.25) is 19.2 Å². The van der Waals surface area contributed by atoms with E-state index in [-0.39, 0.29) is 11.6 Å². The van der Waals surface area contributed by atoms with Gasteiger partial charge in [0.2, 0.25) is 0 Å². The van der Waals surface area contributed by atoms with Gasteiger partial charge in [0.15, 0.2) is 5.82 Å². The summed E-state index contributed by atoms with van der Waals surface area (Å²) in [4.78, 5) is 20.2. The van der Waals surface area contributed by atoms with Gasteiger partial charge in [-0.05, 0) is 49.1 Å². The van der Waals surface area contributed by atoms with Crippen molar-refractivity contribution >= 4 is 28.1 Å². The molecule has 2 unspecified atom stereocenters. The van der Waals surface area contributed by atoms with E-state index in [9.17, 15) is 4.79 Å². The molecule has 9 nitrogen and oxygen atoms in total. The number of fused-ring (bicyclic) bond motifs is 1. The number of rotatable bonds is 7. The van der Waals surface area contributed by atoms with Gasteiger partial charge in [-0.15, -0.1) is 0 Å². The Morgan fingerprint density at radius 2 is 2.11 bits per heavy atom. The molecule has 182 valence electrons. The van der Waals surface area contributed by atoms with E-state index in [1.165, 1.54) is 12.1 Å². The molecule has 6 rings (SSSR count). The lowest BCUT2D eigenvalue weighted by Crippen LogP contribution is -2.27. The molecule has 0 amide bonds. The number of benzene rings is 1. The maximum absolute atomic E-state index is 12.9. The lowest BCUT2D eigenvalue weighted by atomic mass is 9.83. The largest absolute Gasteiger partial charge is 0.338 e. The van der Waals surface area contributed by atoms with Crippen LogP contribution < -0.4 is 10.9 Å². The molecule has 1 aromatic carbocycles. The Bertz CT molecular complexity index is 1570. The molecule has 0 bridgehead atoms. The van der Waals surface area contributed by atoms with Crippen molar-refractivity contribution < 1.29 is 0 Å². The number of nitriles is 1. The maximum Gasteiger partial charge on any atom is 0.261 e. The molecule has 4 heterocycles. The minimum atomic E-state index is -0.143. The van der Waals surface area contributed by atoms with Crippen LogP contribution in [0.3, 0.4) is 0 Å². The fraction of sp³-hybridized carbons (Fsp3) is 0.370.